The van der Waals surface area contributed by atoms with Crippen molar-refractivity contribution in [1.29, 1.82) is 0 Å². The maximum atomic E-state index is 13.3. The van der Waals surface area contributed by atoms with Gasteiger partial charge in [0.2, 0.25) is 11.8 Å². The minimum Gasteiger partial charge on any atom is -0.344 e. The number of hydrogen-bond acceptors (Lipinski definition) is 2. The van der Waals surface area contributed by atoms with Gasteiger partial charge in [-0.1, -0.05) is 74.3 Å². The summed E-state index contributed by atoms with van der Waals surface area (Å²) < 4.78 is 0. The molecule has 3 rings (SSSR count). The average Bonchev–Trinajstić information content (AvgIpc) is 2.81. The molecule has 0 unspecified atom stereocenters. The summed E-state index contributed by atoms with van der Waals surface area (Å²) in [7, 11) is 0. The van der Waals surface area contributed by atoms with Crippen LogP contribution in [0.2, 0.25) is 5.02 Å². The average molecular weight is 441 g/mol. The van der Waals surface area contributed by atoms with E-state index in [0.717, 1.165) is 42.9 Å². The molecule has 1 fully saturated rings. The number of hydrogen-bond donors (Lipinski definition) is 1. The van der Waals surface area contributed by atoms with Crippen LogP contribution in [0.5, 0.6) is 0 Å². The Balaban J connectivity index is 1.55. The molecule has 2 atom stereocenters. The summed E-state index contributed by atoms with van der Waals surface area (Å²) in [6.07, 6.45) is 3.78. The predicted molar refractivity (Wildman–Crippen MR) is 126 cm³/mol. The number of aryl methyl sites for hydroxylation is 1. The molecule has 0 aromatic heterocycles. The second-order valence-electron chi connectivity index (χ2n) is 8.57. The van der Waals surface area contributed by atoms with E-state index in [1.54, 1.807) is 0 Å². The Kier molecular flexibility index (Phi) is 8.53. The summed E-state index contributed by atoms with van der Waals surface area (Å²) >= 11 is 6.00. The van der Waals surface area contributed by atoms with Gasteiger partial charge in [0, 0.05) is 24.5 Å². The number of likely N-dealkylation sites (tertiary alicyclic amines) is 1. The highest BCUT2D eigenvalue weighted by atomic mass is 35.5. The van der Waals surface area contributed by atoms with Crippen LogP contribution in [-0.4, -0.2) is 35.8 Å². The number of piperidine rings is 1. The van der Waals surface area contributed by atoms with Crippen molar-refractivity contribution < 1.29 is 9.59 Å². The molecular weight excluding hydrogens is 408 g/mol. The van der Waals surface area contributed by atoms with E-state index in [1.165, 1.54) is 5.56 Å². The van der Waals surface area contributed by atoms with E-state index in [9.17, 15) is 9.59 Å². The quantitative estimate of drug-likeness (QED) is 0.612. The molecule has 1 aliphatic rings. The van der Waals surface area contributed by atoms with Crippen molar-refractivity contribution in [3.8, 4) is 0 Å². The van der Waals surface area contributed by atoms with Crippen LogP contribution < -0.4 is 5.32 Å². The van der Waals surface area contributed by atoms with Crippen LogP contribution in [0, 0.1) is 5.92 Å². The van der Waals surface area contributed by atoms with Crippen LogP contribution >= 0.6 is 11.6 Å². The normalized spacial score (nSPS) is 16.5. The predicted octanol–water partition coefficient (Wildman–Crippen LogP) is 5.21. The van der Waals surface area contributed by atoms with E-state index in [4.69, 9.17) is 11.6 Å². The van der Waals surface area contributed by atoms with E-state index < -0.39 is 6.04 Å². The molecule has 5 heteroatoms. The fourth-order valence-electron chi connectivity index (χ4n) is 4.20. The molecule has 1 heterocycles. The van der Waals surface area contributed by atoms with Crippen LogP contribution in [0.4, 0.5) is 0 Å². The number of rotatable bonds is 8. The van der Waals surface area contributed by atoms with E-state index in [-0.39, 0.29) is 17.7 Å². The van der Waals surface area contributed by atoms with Crippen molar-refractivity contribution >= 4 is 23.4 Å². The third-order valence-electron chi connectivity index (χ3n) is 6.43. The van der Waals surface area contributed by atoms with E-state index in [1.807, 2.05) is 54.3 Å². The summed E-state index contributed by atoms with van der Waals surface area (Å²) in [5, 5.41) is 3.79. The van der Waals surface area contributed by atoms with Crippen molar-refractivity contribution in [2.45, 2.75) is 57.9 Å². The molecular formula is C26H33ClN2O2. The Morgan fingerprint density at radius 3 is 2.32 bits per heavy atom. The van der Waals surface area contributed by atoms with Crippen LogP contribution in [0.25, 0.3) is 0 Å². The Morgan fingerprint density at radius 2 is 1.71 bits per heavy atom. The van der Waals surface area contributed by atoms with Crippen molar-refractivity contribution in [1.82, 2.24) is 10.2 Å². The molecule has 2 amide bonds. The summed E-state index contributed by atoms with van der Waals surface area (Å²) in [5.74, 6) is 0.543. The number of nitrogens with one attached hydrogen (secondary N) is 1. The second-order valence-corrected chi connectivity index (χ2v) is 9.00. The monoisotopic (exact) mass is 440 g/mol. The maximum absolute atomic E-state index is 13.3. The number of nitrogens with zero attached hydrogens (tertiary/aromatic N) is 1. The number of benzene rings is 2. The maximum Gasteiger partial charge on any atom is 0.245 e. The number of carbonyl (C=O) groups excluding carboxylic acids is 2. The zero-order chi connectivity index (χ0) is 22.2. The lowest BCUT2D eigenvalue weighted by atomic mass is 9.88. The Hall–Kier alpha value is -2.33. The van der Waals surface area contributed by atoms with E-state index >= 15 is 0 Å². The molecule has 1 saturated heterocycles. The van der Waals surface area contributed by atoms with Gasteiger partial charge < -0.3 is 10.2 Å². The van der Waals surface area contributed by atoms with Crippen LogP contribution in [0.1, 0.15) is 56.6 Å². The lowest BCUT2D eigenvalue weighted by Crippen LogP contribution is -2.53. The van der Waals surface area contributed by atoms with Gasteiger partial charge in [-0.3, -0.25) is 9.59 Å². The Labute approximate surface area is 191 Å². The molecule has 1 N–H and O–H groups in total. The highest BCUT2D eigenvalue weighted by molar-refractivity contribution is 6.30. The van der Waals surface area contributed by atoms with Gasteiger partial charge in [0.25, 0.3) is 0 Å². The molecule has 31 heavy (non-hydrogen) atoms. The highest BCUT2D eigenvalue weighted by Gasteiger charge is 2.32. The van der Waals surface area contributed by atoms with Crippen LogP contribution in [0.3, 0.4) is 0 Å². The minimum absolute atomic E-state index is 0.0527. The zero-order valence-electron chi connectivity index (χ0n) is 18.5. The summed E-state index contributed by atoms with van der Waals surface area (Å²) in [4.78, 5) is 27.8. The van der Waals surface area contributed by atoms with Gasteiger partial charge in [-0.05, 0) is 54.4 Å². The summed E-state index contributed by atoms with van der Waals surface area (Å²) in [6, 6.07) is 17.5. The lowest BCUT2D eigenvalue weighted by Gasteiger charge is -2.36. The van der Waals surface area contributed by atoms with Gasteiger partial charge >= 0.3 is 0 Å². The molecule has 166 valence electrons. The summed E-state index contributed by atoms with van der Waals surface area (Å²) in [6.45, 7) is 5.55. The van der Waals surface area contributed by atoms with Gasteiger partial charge in [0.05, 0.1) is 0 Å². The Morgan fingerprint density at radius 1 is 1.06 bits per heavy atom. The second kappa shape index (κ2) is 11.3. The lowest BCUT2D eigenvalue weighted by molar-refractivity contribution is -0.138. The smallest absolute Gasteiger partial charge is 0.245 e. The molecule has 0 spiro atoms. The first-order valence-corrected chi connectivity index (χ1v) is 11.7. The summed E-state index contributed by atoms with van der Waals surface area (Å²) in [5.41, 5.74) is 2.41. The first-order valence-electron chi connectivity index (χ1n) is 11.4. The van der Waals surface area contributed by atoms with Gasteiger partial charge in [-0.25, -0.2) is 0 Å². The molecule has 4 nitrogen and oxygen atoms in total. The van der Waals surface area contributed by atoms with Gasteiger partial charge in [0.15, 0.2) is 0 Å². The van der Waals surface area contributed by atoms with Crippen LogP contribution in [0.15, 0.2) is 54.6 Å². The number of carbonyl (C=O) groups is 2. The largest absolute Gasteiger partial charge is 0.344 e. The van der Waals surface area contributed by atoms with Crippen molar-refractivity contribution in [3.05, 3.63) is 70.7 Å². The number of halogens is 1. The molecule has 0 saturated carbocycles. The highest BCUT2D eigenvalue weighted by Crippen LogP contribution is 2.29. The van der Waals surface area contributed by atoms with Crippen molar-refractivity contribution in [2.24, 2.45) is 5.92 Å². The van der Waals surface area contributed by atoms with Crippen LogP contribution in [-0.2, 0) is 16.0 Å². The van der Waals surface area contributed by atoms with Gasteiger partial charge in [-0.2, -0.15) is 0 Å². The number of amides is 2. The third kappa shape index (κ3) is 6.57. The molecule has 2 aromatic rings. The van der Waals surface area contributed by atoms with Crippen molar-refractivity contribution in [2.75, 3.05) is 13.1 Å². The van der Waals surface area contributed by atoms with E-state index in [2.05, 4.69) is 24.4 Å². The fraction of sp³-hybridized carbons (Fsp3) is 0.462. The molecule has 0 radical (unpaired) electrons. The first kappa shape index (κ1) is 23.3. The standard InChI is InChI=1S/C26H33ClN2O2/c1-3-19(2)25(28-24(30)14-9-20-7-5-4-6-8-20)26(31)29-17-15-22(16-18-29)21-10-12-23(27)13-11-21/h4-8,10-13,19,22,25H,3,9,14-18H2,1-2H3,(H,28,30)/t19-,25-/m1/s1. The van der Waals surface area contributed by atoms with Crippen molar-refractivity contribution in [3.63, 3.8) is 0 Å². The minimum atomic E-state index is -0.458. The van der Waals surface area contributed by atoms with Gasteiger partial charge in [0.1, 0.15) is 6.04 Å². The SMILES string of the molecule is CC[C@@H](C)[C@@H](NC(=O)CCc1ccccc1)C(=O)N1CCC(c2ccc(Cl)cc2)CC1. The molecule has 2 aromatic carbocycles. The third-order valence-corrected chi connectivity index (χ3v) is 6.68. The molecule has 1 aliphatic heterocycles. The van der Waals surface area contributed by atoms with E-state index in [0.29, 0.717) is 18.8 Å². The molecule has 0 bridgehead atoms. The molecule has 0 aliphatic carbocycles. The Bertz CT molecular complexity index is 845. The zero-order valence-corrected chi connectivity index (χ0v) is 19.3. The fourth-order valence-corrected chi connectivity index (χ4v) is 4.32. The topological polar surface area (TPSA) is 49.4 Å². The van der Waals surface area contributed by atoms with Gasteiger partial charge in [-0.15, -0.1) is 0 Å². The first-order chi connectivity index (χ1) is 15.0.